The van der Waals surface area contributed by atoms with Crippen LogP contribution in [0, 0.1) is 0 Å². The third-order valence-electron chi connectivity index (χ3n) is 2.95. The van der Waals surface area contributed by atoms with Crippen molar-refractivity contribution >= 4 is 54.8 Å². The molecule has 1 aromatic heterocycles. The minimum Gasteiger partial charge on any atom is -0.496 e. The topological polar surface area (TPSA) is 21.3 Å². The van der Waals surface area contributed by atoms with E-state index in [1.165, 1.54) is 10.4 Å². The first-order valence-corrected chi connectivity index (χ1v) is 8.80. The predicted octanol–water partition coefficient (Wildman–Crippen LogP) is 5.79. The molecule has 1 heterocycles. The third-order valence-corrected chi connectivity index (χ3v) is 6.05. The maximum atomic E-state index is 6.04. The molecule has 20 heavy (non-hydrogen) atoms. The zero-order valence-corrected chi connectivity index (χ0v) is 15.8. The molecule has 108 valence electrons. The summed E-state index contributed by atoms with van der Waals surface area (Å²) in [6.07, 6.45) is 0. The summed E-state index contributed by atoms with van der Waals surface area (Å²) in [6, 6.07) is 8.41. The molecule has 0 aliphatic rings. The fourth-order valence-corrected chi connectivity index (χ4v) is 4.10. The molecule has 1 N–H and O–H groups in total. The summed E-state index contributed by atoms with van der Waals surface area (Å²) < 4.78 is 7.96. The highest BCUT2D eigenvalue weighted by atomic mass is 79.9. The number of benzene rings is 1. The second-order valence-corrected chi connectivity index (χ2v) is 7.78. The molecule has 0 saturated carbocycles. The van der Waals surface area contributed by atoms with Crippen LogP contribution in [-0.4, -0.2) is 7.11 Å². The lowest BCUT2D eigenvalue weighted by Crippen LogP contribution is -2.17. The van der Waals surface area contributed by atoms with Crippen molar-refractivity contribution in [2.45, 2.75) is 19.5 Å². The smallest absolute Gasteiger partial charge is 0.133 e. The highest BCUT2D eigenvalue weighted by molar-refractivity contribution is 9.11. The molecular weight excluding hydrogens is 425 g/mol. The number of hydrogen-bond donors (Lipinski definition) is 1. The van der Waals surface area contributed by atoms with Crippen LogP contribution in [0.5, 0.6) is 5.75 Å². The minimum absolute atomic E-state index is 0.247. The summed E-state index contributed by atoms with van der Waals surface area (Å²) in [6.45, 7) is 2.93. The molecule has 2 nitrogen and oxygen atoms in total. The molecule has 0 bridgehead atoms. The maximum Gasteiger partial charge on any atom is 0.133 e. The molecule has 6 heteroatoms. The molecule has 1 aromatic carbocycles. The standard InChI is InChI=1S/C14H14Br2ClNOS/c1-8(9-3-4-13(19-2)11(15)5-9)18-7-10-6-12(16)14(17)20-10/h3-6,8,18H,7H2,1-2H3. The van der Waals surface area contributed by atoms with Crippen molar-refractivity contribution in [3.05, 3.63) is 48.0 Å². The molecule has 2 rings (SSSR count). The number of halogens is 3. The zero-order valence-electron chi connectivity index (χ0n) is 11.0. The van der Waals surface area contributed by atoms with Crippen LogP contribution in [0.15, 0.2) is 33.2 Å². The van der Waals surface area contributed by atoms with E-state index in [0.717, 1.165) is 25.6 Å². The average Bonchev–Trinajstić information content (AvgIpc) is 2.75. The Morgan fingerprint density at radius 1 is 1.30 bits per heavy atom. The lowest BCUT2D eigenvalue weighted by atomic mass is 10.1. The number of ether oxygens (including phenoxy) is 1. The molecule has 0 spiro atoms. The van der Waals surface area contributed by atoms with Crippen LogP contribution in [0.2, 0.25) is 4.34 Å². The lowest BCUT2D eigenvalue weighted by molar-refractivity contribution is 0.411. The molecule has 0 fully saturated rings. The van der Waals surface area contributed by atoms with E-state index in [1.54, 1.807) is 18.4 Å². The number of nitrogens with one attached hydrogen (secondary N) is 1. The Labute approximate surface area is 144 Å². The van der Waals surface area contributed by atoms with Gasteiger partial charge in [0.15, 0.2) is 0 Å². The maximum absolute atomic E-state index is 6.04. The van der Waals surface area contributed by atoms with Crippen molar-refractivity contribution in [2.75, 3.05) is 7.11 Å². The molecule has 0 aliphatic carbocycles. The summed E-state index contributed by atoms with van der Waals surface area (Å²) in [7, 11) is 1.67. The Hall–Kier alpha value is -0.0700. The first kappa shape index (κ1) is 16.3. The van der Waals surface area contributed by atoms with Gasteiger partial charge < -0.3 is 10.1 Å². The van der Waals surface area contributed by atoms with Crippen LogP contribution in [0.1, 0.15) is 23.4 Å². The lowest BCUT2D eigenvalue weighted by Gasteiger charge is -2.15. The van der Waals surface area contributed by atoms with Gasteiger partial charge in [0.1, 0.15) is 10.1 Å². The van der Waals surface area contributed by atoms with Crippen molar-refractivity contribution < 1.29 is 4.74 Å². The van der Waals surface area contributed by atoms with Crippen molar-refractivity contribution in [1.29, 1.82) is 0 Å². The van der Waals surface area contributed by atoms with Gasteiger partial charge in [0, 0.05) is 21.9 Å². The van der Waals surface area contributed by atoms with Crippen molar-refractivity contribution in [3.8, 4) is 5.75 Å². The Kier molecular flexibility index (Phi) is 5.93. The second kappa shape index (κ2) is 7.27. The molecule has 2 aromatic rings. The van der Waals surface area contributed by atoms with Gasteiger partial charge in [-0.3, -0.25) is 0 Å². The first-order valence-electron chi connectivity index (χ1n) is 6.01. The van der Waals surface area contributed by atoms with Crippen LogP contribution in [0.4, 0.5) is 0 Å². The van der Waals surface area contributed by atoms with E-state index in [-0.39, 0.29) is 6.04 Å². The highest BCUT2D eigenvalue weighted by Crippen LogP contribution is 2.32. The molecule has 0 aliphatic heterocycles. The van der Waals surface area contributed by atoms with Gasteiger partial charge in [0.05, 0.1) is 11.6 Å². The van der Waals surface area contributed by atoms with Crippen LogP contribution < -0.4 is 10.1 Å². The fraction of sp³-hybridized carbons (Fsp3) is 0.286. The summed E-state index contributed by atoms with van der Waals surface area (Å²) in [5.41, 5.74) is 1.21. The van der Waals surface area contributed by atoms with Crippen LogP contribution in [0.3, 0.4) is 0 Å². The van der Waals surface area contributed by atoms with Gasteiger partial charge in [0.2, 0.25) is 0 Å². The normalized spacial score (nSPS) is 12.4. The monoisotopic (exact) mass is 437 g/mol. The molecule has 0 amide bonds. The highest BCUT2D eigenvalue weighted by Gasteiger charge is 2.10. The number of hydrogen-bond acceptors (Lipinski definition) is 3. The Morgan fingerprint density at radius 2 is 2.05 bits per heavy atom. The van der Waals surface area contributed by atoms with Crippen molar-refractivity contribution in [1.82, 2.24) is 5.32 Å². The van der Waals surface area contributed by atoms with Gasteiger partial charge in [-0.1, -0.05) is 17.7 Å². The molecule has 1 atom stereocenters. The number of methoxy groups -OCH3 is 1. The van der Waals surface area contributed by atoms with E-state index in [0.29, 0.717) is 0 Å². The van der Waals surface area contributed by atoms with Gasteiger partial charge in [-0.2, -0.15) is 0 Å². The molecular formula is C14H14Br2ClNOS. The predicted molar refractivity (Wildman–Crippen MR) is 93.0 cm³/mol. The van der Waals surface area contributed by atoms with Crippen LogP contribution in [0.25, 0.3) is 0 Å². The summed E-state index contributed by atoms with van der Waals surface area (Å²) in [5, 5.41) is 3.49. The Bertz CT molecular complexity index is 583. The first-order chi connectivity index (χ1) is 9.51. The number of rotatable bonds is 5. The van der Waals surface area contributed by atoms with Crippen LogP contribution >= 0.6 is 54.8 Å². The van der Waals surface area contributed by atoms with E-state index in [1.807, 2.05) is 6.07 Å². The van der Waals surface area contributed by atoms with E-state index >= 15 is 0 Å². The van der Waals surface area contributed by atoms with Crippen molar-refractivity contribution in [3.63, 3.8) is 0 Å². The second-order valence-electron chi connectivity index (χ2n) is 4.33. The van der Waals surface area contributed by atoms with E-state index in [9.17, 15) is 0 Å². The van der Waals surface area contributed by atoms with E-state index in [4.69, 9.17) is 16.3 Å². The van der Waals surface area contributed by atoms with Gasteiger partial charge in [-0.25, -0.2) is 0 Å². The molecule has 0 saturated heterocycles. The SMILES string of the molecule is COc1ccc(C(C)NCc2cc(Br)c(Cl)s2)cc1Br. The zero-order chi connectivity index (χ0) is 14.7. The Morgan fingerprint density at radius 3 is 2.60 bits per heavy atom. The minimum atomic E-state index is 0.247. The van der Waals surface area contributed by atoms with Gasteiger partial charge >= 0.3 is 0 Å². The van der Waals surface area contributed by atoms with Gasteiger partial charge in [-0.05, 0) is 62.5 Å². The van der Waals surface area contributed by atoms with E-state index in [2.05, 4.69) is 62.3 Å². The summed E-state index contributed by atoms with van der Waals surface area (Å²) in [5.74, 6) is 0.843. The largest absolute Gasteiger partial charge is 0.496 e. The van der Waals surface area contributed by atoms with Crippen LogP contribution in [-0.2, 0) is 6.54 Å². The fourth-order valence-electron chi connectivity index (χ4n) is 1.80. The van der Waals surface area contributed by atoms with E-state index < -0.39 is 0 Å². The van der Waals surface area contributed by atoms with Gasteiger partial charge in [-0.15, -0.1) is 11.3 Å². The van der Waals surface area contributed by atoms with Gasteiger partial charge in [0.25, 0.3) is 0 Å². The quantitative estimate of drug-likeness (QED) is 0.637. The average molecular weight is 440 g/mol. The number of thiophene rings is 1. The summed E-state index contributed by atoms with van der Waals surface area (Å²) >= 11 is 14.6. The summed E-state index contributed by atoms with van der Waals surface area (Å²) in [4.78, 5) is 1.21. The van der Waals surface area contributed by atoms with Crippen molar-refractivity contribution in [2.24, 2.45) is 0 Å². The molecule has 0 radical (unpaired) electrons. The Balaban J connectivity index is 2.01. The third kappa shape index (κ3) is 3.98. The molecule has 1 unspecified atom stereocenters.